The second-order valence-corrected chi connectivity index (χ2v) is 8.68. The highest BCUT2D eigenvalue weighted by molar-refractivity contribution is 7.90. The average Bonchev–Trinajstić information content (AvgIpc) is 2.74. The molecule has 0 radical (unpaired) electrons. The summed E-state index contributed by atoms with van der Waals surface area (Å²) in [5, 5.41) is 9.62. The van der Waals surface area contributed by atoms with Crippen LogP contribution >= 0.6 is 23.2 Å². The van der Waals surface area contributed by atoms with Gasteiger partial charge in [0.05, 0.1) is 22.3 Å². The second-order valence-electron chi connectivity index (χ2n) is 6.48. The first-order chi connectivity index (χ1) is 14.9. The minimum atomic E-state index is -1.52. The third-order valence-corrected chi connectivity index (χ3v) is 6.55. The van der Waals surface area contributed by atoms with Crippen LogP contribution in [-0.2, 0) is 28.1 Å². The summed E-state index contributed by atoms with van der Waals surface area (Å²) < 4.78 is 18.6. The summed E-state index contributed by atoms with van der Waals surface area (Å²) in [7, 11) is 0. The zero-order valence-electron chi connectivity index (χ0n) is 16.3. The van der Waals surface area contributed by atoms with Crippen LogP contribution in [0.5, 0.6) is 5.75 Å². The molecule has 3 rings (SSSR count). The monoisotopic (exact) mass is 475 g/mol. The zero-order chi connectivity index (χ0) is 22.2. The Morgan fingerprint density at radius 1 is 1.06 bits per heavy atom. The molecule has 2 aromatic carbocycles. The summed E-state index contributed by atoms with van der Waals surface area (Å²) in [5.41, 5.74) is 1.96. The van der Waals surface area contributed by atoms with E-state index in [2.05, 4.69) is 4.98 Å². The predicted octanol–water partition coefficient (Wildman–Crippen LogP) is 5.42. The molecule has 0 aliphatic rings. The molecule has 0 amide bonds. The van der Waals surface area contributed by atoms with Gasteiger partial charge in [0.15, 0.2) is 10.6 Å². The summed E-state index contributed by atoms with van der Waals surface area (Å²) >= 11 is 10.8. The van der Waals surface area contributed by atoms with Crippen molar-refractivity contribution < 1.29 is 19.2 Å². The van der Waals surface area contributed by atoms with Crippen molar-refractivity contribution in [3.8, 4) is 5.75 Å². The third-order valence-electron chi connectivity index (χ3n) is 4.24. The highest BCUT2D eigenvalue weighted by atomic mass is 35.5. The van der Waals surface area contributed by atoms with Crippen molar-refractivity contribution in [1.82, 2.24) is 4.98 Å². The van der Waals surface area contributed by atoms with Gasteiger partial charge in [-0.2, -0.15) is 0 Å². The Morgan fingerprint density at radius 2 is 1.77 bits per heavy atom. The number of aromatic nitrogens is 1. The minimum absolute atomic E-state index is 0.0711. The van der Waals surface area contributed by atoms with Gasteiger partial charge in [0.25, 0.3) is 0 Å². The van der Waals surface area contributed by atoms with Crippen LogP contribution in [0.4, 0.5) is 0 Å². The molecule has 1 unspecified atom stereocenters. The van der Waals surface area contributed by atoms with Crippen LogP contribution in [0.1, 0.15) is 17.0 Å². The van der Waals surface area contributed by atoms with E-state index >= 15 is 0 Å². The van der Waals surface area contributed by atoms with E-state index < -0.39 is 17.1 Å². The second kappa shape index (κ2) is 11.2. The van der Waals surface area contributed by atoms with Crippen molar-refractivity contribution >= 4 is 46.4 Å². The molecule has 31 heavy (non-hydrogen) atoms. The van der Waals surface area contributed by atoms with Gasteiger partial charge in [0, 0.05) is 12.5 Å². The molecule has 0 bridgehead atoms. The zero-order valence-corrected chi connectivity index (χ0v) is 18.7. The Morgan fingerprint density at radius 3 is 2.45 bits per heavy atom. The lowest BCUT2D eigenvalue weighted by atomic mass is 10.2. The number of rotatable bonds is 9. The summed E-state index contributed by atoms with van der Waals surface area (Å²) in [4.78, 5) is 15.8. The Balaban J connectivity index is 1.77. The van der Waals surface area contributed by atoms with Gasteiger partial charge in [-0.25, -0.2) is 9.78 Å². The summed E-state index contributed by atoms with van der Waals surface area (Å²) in [6.07, 6.45) is 3.03. The van der Waals surface area contributed by atoms with E-state index in [-0.39, 0.29) is 5.75 Å². The summed E-state index contributed by atoms with van der Waals surface area (Å²) in [6, 6.07) is 18.2. The van der Waals surface area contributed by atoms with Gasteiger partial charge in [-0.15, -0.1) is 0 Å². The highest BCUT2D eigenvalue weighted by Crippen LogP contribution is 2.31. The number of halogens is 2. The Kier molecular flexibility index (Phi) is 8.37. The number of nitrogens with zero attached hydrogens (tertiary/aromatic N) is 1. The van der Waals surface area contributed by atoms with Gasteiger partial charge in [-0.05, 0) is 47.1 Å². The van der Waals surface area contributed by atoms with E-state index in [4.69, 9.17) is 33.0 Å². The van der Waals surface area contributed by atoms with E-state index in [1.807, 2.05) is 30.3 Å². The first kappa shape index (κ1) is 23.2. The number of aliphatic carboxylic acids is 1. The van der Waals surface area contributed by atoms with E-state index in [9.17, 15) is 9.35 Å². The number of carboxylic acids is 1. The maximum atomic E-state index is 12.8. The van der Waals surface area contributed by atoms with Crippen molar-refractivity contribution in [2.45, 2.75) is 17.1 Å². The molecule has 3 aromatic rings. The minimum Gasteiger partial charge on any atom is -0.611 e. The molecular weight excluding hydrogens is 457 g/mol. The van der Waals surface area contributed by atoms with Crippen LogP contribution in [0.2, 0.25) is 10.0 Å². The Bertz CT molecular complexity index is 1060. The molecule has 8 heteroatoms. The van der Waals surface area contributed by atoms with Crippen molar-refractivity contribution in [3.63, 3.8) is 0 Å². The van der Waals surface area contributed by atoms with E-state index in [1.54, 1.807) is 30.3 Å². The lowest BCUT2D eigenvalue weighted by molar-refractivity contribution is -0.131. The molecule has 0 fully saturated rings. The molecule has 1 aromatic heterocycles. The first-order valence-electron chi connectivity index (χ1n) is 9.34. The predicted molar refractivity (Wildman–Crippen MR) is 123 cm³/mol. The van der Waals surface area contributed by atoms with Crippen LogP contribution < -0.4 is 4.74 Å². The topological polar surface area (TPSA) is 82.5 Å². The molecule has 1 atom stereocenters. The summed E-state index contributed by atoms with van der Waals surface area (Å²) in [6.45, 7) is 0.403. The van der Waals surface area contributed by atoms with Gasteiger partial charge in [-0.3, -0.25) is 0 Å². The number of hydrogen-bond acceptors (Lipinski definition) is 4. The number of carbonyl (C=O) groups is 1. The van der Waals surface area contributed by atoms with Crippen LogP contribution in [-0.4, -0.2) is 27.2 Å². The SMILES string of the molecule is O=C(O)C=Cc1nc(C[S+]([O-])c2c(Cl)cccc2Cl)ccc1OCCc1ccccc1. The number of ether oxygens (including phenoxy) is 1. The number of carboxylic acid groups (broad SMARTS) is 1. The van der Waals surface area contributed by atoms with Gasteiger partial charge in [0.2, 0.25) is 0 Å². The highest BCUT2D eigenvalue weighted by Gasteiger charge is 2.21. The Hall–Kier alpha value is -2.51. The lowest BCUT2D eigenvalue weighted by Crippen LogP contribution is -2.09. The van der Waals surface area contributed by atoms with Gasteiger partial charge >= 0.3 is 5.97 Å². The average molecular weight is 476 g/mol. The van der Waals surface area contributed by atoms with Gasteiger partial charge < -0.3 is 14.4 Å². The maximum Gasteiger partial charge on any atom is 0.328 e. The molecule has 0 aliphatic heterocycles. The van der Waals surface area contributed by atoms with Gasteiger partial charge in [-0.1, -0.05) is 59.6 Å². The standard InChI is InChI=1S/C23H19Cl2NO4S/c24-18-7-4-8-19(25)23(18)31(29)15-17-9-11-21(20(26-17)10-12-22(27)28)30-14-13-16-5-2-1-3-6-16/h1-12H,13-15H2,(H,27,28). The van der Waals surface area contributed by atoms with Crippen molar-refractivity contribution in [1.29, 1.82) is 0 Å². The van der Waals surface area contributed by atoms with Crippen LogP contribution in [0.15, 0.2) is 71.6 Å². The first-order valence-corrected chi connectivity index (χ1v) is 11.4. The lowest BCUT2D eigenvalue weighted by Gasteiger charge is -2.14. The molecule has 1 N–H and O–H groups in total. The molecule has 0 saturated carbocycles. The maximum absolute atomic E-state index is 12.8. The van der Waals surface area contributed by atoms with E-state index in [0.29, 0.717) is 45.1 Å². The van der Waals surface area contributed by atoms with Crippen LogP contribution in [0.25, 0.3) is 6.08 Å². The Labute approximate surface area is 193 Å². The van der Waals surface area contributed by atoms with Crippen molar-refractivity contribution in [2.24, 2.45) is 0 Å². The molecule has 160 valence electrons. The normalized spacial score (nSPS) is 12.1. The molecule has 1 heterocycles. The fourth-order valence-electron chi connectivity index (χ4n) is 2.81. The smallest absolute Gasteiger partial charge is 0.328 e. The molecule has 0 aliphatic carbocycles. The fraction of sp³-hybridized carbons (Fsp3) is 0.130. The quantitative estimate of drug-likeness (QED) is 0.330. The molecule has 5 nitrogen and oxygen atoms in total. The number of pyridine rings is 1. The fourth-order valence-corrected chi connectivity index (χ4v) is 4.87. The van der Waals surface area contributed by atoms with Gasteiger partial charge in [0.1, 0.15) is 11.4 Å². The molecular formula is C23H19Cl2NO4S. The third kappa shape index (κ3) is 6.74. The van der Waals surface area contributed by atoms with E-state index in [0.717, 1.165) is 11.6 Å². The molecule has 0 spiro atoms. The van der Waals surface area contributed by atoms with Crippen LogP contribution in [0, 0.1) is 0 Å². The number of benzene rings is 2. The number of hydrogen-bond donors (Lipinski definition) is 1. The largest absolute Gasteiger partial charge is 0.611 e. The van der Waals surface area contributed by atoms with Crippen molar-refractivity contribution in [3.05, 3.63) is 93.7 Å². The van der Waals surface area contributed by atoms with Crippen LogP contribution in [0.3, 0.4) is 0 Å². The summed E-state index contributed by atoms with van der Waals surface area (Å²) in [5.74, 6) is -0.589. The van der Waals surface area contributed by atoms with E-state index in [1.165, 1.54) is 6.08 Å². The molecule has 0 saturated heterocycles. The van der Waals surface area contributed by atoms with Crippen molar-refractivity contribution in [2.75, 3.05) is 6.61 Å².